The number of carbonyl (C=O) groups excluding carboxylic acids is 1. The van der Waals surface area contributed by atoms with Crippen LogP contribution in [0.5, 0.6) is 5.75 Å². The molecule has 0 fully saturated rings. The first-order valence-corrected chi connectivity index (χ1v) is 7.86. The van der Waals surface area contributed by atoms with E-state index in [0.717, 1.165) is 0 Å². The molecule has 0 saturated heterocycles. The highest BCUT2D eigenvalue weighted by molar-refractivity contribution is 5.77. The number of ether oxygens (including phenoxy) is 1. The SMILES string of the molecule is CC(O)CC(C)CNC(=O)COc1ccc(C(C)(C)C)cc1. The largest absolute Gasteiger partial charge is 0.484 e. The number of carbonyl (C=O) groups is 1. The van der Waals surface area contributed by atoms with Crippen LogP contribution in [0.3, 0.4) is 0 Å². The first-order valence-electron chi connectivity index (χ1n) is 7.86. The number of aliphatic hydroxyl groups excluding tert-OH is 1. The van der Waals surface area contributed by atoms with Crippen LogP contribution in [0.1, 0.15) is 46.6 Å². The van der Waals surface area contributed by atoms with Crippen molar-refractivity contribution in [3.63, 3.8) is 0 Å². The van der Waals surface area contributed by atoms with E-state index in [9.17, 15) is 9.90 Å². The second-order valence-corrected chi connectivity index (χ2v) is 7.06. The zero-order valence-electron chi connectivity index (χ0n) is 14.3. The van der Waals surface area contributed by atoms with E-state index < -0.39 is 0 Å². The summed E-state index contributed by atoms with van der Waals surface area (Å²) in [5.41, 5.74) is 1.34. The maximum atomic E-state index is 11.7. The first-order chi connectivity index (χ1) is 10.2. The Morgan fingerprint density at radius 1 is 1.23 bits per heavy atom. The molecule has 0 saturated carbocycles. The lowest BCUT2D eigenvalue weighted by atomic mass is 9.87. The standard InChI is InChI=1S/C18H29NO3/c1-13(10-14(2)20)11-19-17(21)12-22-16-8-6-15(7-9-16)18(3,4)5/h6-9,13-14,20H,10-12H2,1-5H3,(H,19,21). The van der Waals surface area contributed by atoms with Gasteiger partial charge < -0.3 is 15.2 Å². The van der Waals surface area contributed by atoms with E-state index in [2.05, 4.69) is 26.1 Å². The summed E-state index contributed by atoms with van der Waals surface area (Å²) >= 11 is 0. The highest BCUT2D eigenvalue weighted by Crippen LogP contribution is 2.24. The van der Waals surface area contributed by atoms with Crippen LogP contribution in [-0.2, 0) is 10.2 Å². The predicted octanol–water partition coefficient (Wildman–Crippen LogP) is 2.89. The zero-order chi connectivity index (χ0) is 16.8. The lowest BCUT2D eigenvalue weighted by Gasteiger charge is -2.19. The number of amides is 1. The van der Waals surface area contributed by atoms with Gasteiger partial charge in [-0.25, -0.2) is 0 Å². The molecule has 2 N–H and O–H groups in total. The van der Waals surface area contributed by atoms with Gasteiger partial charge in [0.05, 0.1) is 6.10 Å². The van der Waals surface area contributed by atoms with Crippen LogP contribution in [0.25, 0.3) is 0 Å². The van der Waals surface area contributed by atoms with Gasteiger partial charge in [-0.1, -0.05) is 39.8 Å². The average Bonchev–Trinajstić information content (AvgIpc) is 2.41. The van der Waals surface area contributed by atoms with Crippen LogP contribution >= 0.6 is 0 Å². The molecule has 22 heavy (non-hydrogen) atoms. The molecule has 4 nitrogen and oxygen atoms in total. The molecule has 0 aliphatic heterocycles. The smallest absolute Gasteiger partial charge is 0.257 e. The third-order valence-electron chi connectivity index (χ3n) is 3.48. The quantitative estimate of drug-likeness (QED) is 0.814. The Labute approximate surface area is 133 Å². The van der Waals surface area contributed by atoms with Crippen molar-refractivity contribution < 1.29 is 14.6 Å². The molecule has 0 aliphatic rings. The molecule has 0 spiro atoms. The summed E-state index contributed by atoms with van der Waals surface area (Å²) in [7, 11) is 0. The van der Waals surface area contributed by atoms with Crippen LogP contribution in [0.2, 0.25) is 0 Å². The molecule has 0 bridgehead atoms. The van der Waals surface area contributed by atoms with Crippen LogP contribution in [0, 0.1) is 5.92 Å². The zero-order valence-corrected chi connectivity index (χ0v) is 14.3. The lowest BCUT2D eigenvalue weighted by molar-refractivity contribution is -0.123. The van der Waals surface area contributed by atoms with Crippen molar-refractivity contribution in [2.45, 2.75) is 52.6 Å². The highest BCUT2D eigenvalue weighted by atomic mass is 16.5. The third-order valence-corrected chi connectivity index (χ3v) is 3.48. The molecule has 0 aromatic heterocycles. The molecular weight excluding hydrogens is 278 g/mol. The Morgan fingerprint density at radius 2 is 1.82 bits per heavy atom. The van der Waals surface area contributed by atoms with Crippen molar-refractivity contribution in [3.05, 3.63) is 29.8 Å². The minimum atomic E-state index is -0.343. The van der Waals surface area contributed by atoms with Crippen molar-refractivity contribution >= 4 is 5.91 Å². The first kappa shape index (κ1) is 18.5. The molecule has 1 amide bonds. The number of hydrogen-bond acceptors (Lipinski definition) is 3. The summed E-state index contributed by atoms with van der Waals surface area (Å²) in [4.78, 5) is 11.7. The van der Waals surface area contributed by atoms with Gasteiger partial charge in [0, 0.05) is 6.54 Å². The maximum absolute atomic E-state index is 11.7. The minimum Gasteiger partial charge on any atom is -0.484 e. The van der Waals surface area contributed by atoms with E-state index in [1.807, 2.05) is 31.2 Å². The summed E-state index contributed by atoms with van der Waals surface area (Å²) in [6, 6.07) is 7.84. The van der Waals surface area contributed by atoms with Crippen LogP contribution in [-0.4, -0.2) is 30.3 Å². The molecule has 2 unspecified atom stereocenters. The molecule has 4 heteroatoms. The summed E-state index contributed by atoms with van der Waals surface area (Å²) in [6.07, 6.45) is 0.333. The molecule has 0 aliphatic carbocycles. The van der Waals surface area contributed by atoms with Crippen LogP contribution in [0.15, 0.2) is 24.3 Å². The van der Waals surface area contributed by atoms with E-state index in [1.54, 1.807) is 6.92 Å². The molecule has 1 aromatic rings. The predicted molar refractivity (Wildman–Crippen MR) is 89.1 cm³/mol. The Bertz CT molecular complexity index is 460. The van der Waals surface area contributed by atoms with Gasteiger partial charge in [-0.3, -0.25) is 4.79 Å². The fourth-order valence-corrected chi connectivity index (χ4v) is 2.20. The number of hydrogen-bond donors (Lipinski definition) is 2. The van der Waals surface area contributed by atoms with Crippen LogP contribution in [0.4, 0.5) is 0 Å². The Morgan fingerprint density at radius 3 is 2.32 bits per heavy atom. The van der Waals surface area contributed by atoms with Gasteiger partial charge in [-0.2, -0.15) is 0 Å². The van der Waals surface area contributed by atoms with Crippen molar-refractivity contribution in [2.75, 3.05) is 13.2 Å². The summed E-state index contributed by atoms with van der Waals surface area (Å²) in [5, 5.41) is 12.1. The second kappa shape index (κ2) is 8.18. The van der Waals surface area contributed by atoms with E-state index in [1.165, 1.54) is 5.56 Å². The average molecular weight is 307 g/mol. The Hall–Kier alpha value is -1.55. The molecule has 2 atom stereocenters. The molecule has 1 rings (SSSR count). The molecule has 1 aromatic carbocycles. The maximum Gasteiger partial charge on any atom is 0.257 e. The van der Waals surface area contributed by atoms with Gasteiger partial charge >= 0.3 is 0 Å². The molecule has 124 valence electrons. The highest BCUT2D eigenvalue weighted by Gasteiger charge is 2.13. The summed E-state index contributed by atoms with van der Waals surface area (Å²) in [6.45, 7) is 10.8. The van der Waals surface area contributed by atoms with Gasteiger partial charge in [0.1, 0.15) is 5.75 Å². The number of benzene rings is 1. The molecular formula is C18H29NO3. The Balaban J connectivity index is 2.35. The van der Waals surface area contributed by atoms with Crippen molar-refractivity contribution in [1.29, 1.82) is 0 Å². The molecule has 0 radical (unpaired) electrons. The normalized spacial score (nSPS) is 14.3. The Kier molecular flexibility index (Phi) is 6.88. The second-order valence-electron chi connectivity index (χ2n) is 7.06. The minimum absolute atomic E-state index is 0.0102. The van der Waals surface area contributed by atoms with E-state index >= 15 is 0 Å². The van der Waals surface area contributed by atoms with E-state index in [0.29, 0.717) is 18.7 Å². The number of aliphatic hydroxyl groups is 1. The van der Waals surface area contributed by atoms with E-state index in [-0.39, 0.29) is 30.0 Å². The summed E-state index contributed by atoms with van der Waals surface area (Å²) in [5.74, 6) is 0.799. The van der Waals surface area contributed by atoms with Crippen molar-refractivity contribution in [3.8, 4) is 5.75 Å². The van der Waals surface area contributed by atoms with Gasteiger partial charge in [-0.15, -0.1) is 0 Å². The fourth-order valence-electron chi connectivity index (χ4n) is 2.20. The third kappa shape index (κ3) is 6.94. The number of nitrogens with one attached hydrogen (secondary N) is 1. The monoisotopic (exact) mass is 307 g/mol. The van der Waals surface area contributed by atoms with Gasteiger partial charge in [-0.05, 0) is 42.4 Å². The fraction of sp³-hybridized carbons (Fsp3) is 0.611. The number of rotatable bonds is 7. The summed E-state index contributed by atoms with van der Waals surface area (Å²) < 4.78 is 5.49. The van der Waals surface area contributed by atoms with Gasteiger partial charge in [0.2, 0.25) is 0 Å². The van der Waals surface area contributed by atoms with Crippen LogP contribution < -0.4 is 10.1 Å². The molecule has 0 heterocycles. The topological polar surface area (TPSA) is 58.6 Å². The lowest BCUT2D eigenvalue weighted by Crippen LogP contribution is -2.33. The van der Waals surface area contributed by atoms with E-state index in [4.69, 9.17) is 4.74 Å². The van der Waals surface area contributed by atoms with Crippen molar-refractivity contribution in [1.82, 2.24) is 5.32 Å². The van der Waals surface area contributed by atoms with Gasteiger partial charge in [0.25, 0.3) is 5.91 Å². The van der Waals surface area contributed by atoms with Crippen molar-refractivity contribution in [2.24, 2.45) is 5.92 Å². The van der Waals surface area contributed by atoms with Gasteiger partial charge in [0.15, 0.2) is 6.61 Å².